The van der Waals surface area contributed by atoms with Crippen LogP contribution in [0.3, 0.4) is 0 Å². The standard InChI is InChI=1S/C18H15N3O4/c1-11(12-2-5-17-18(8-12)25-10-24-17)20-15-3-4-16(21(22)23)14-9-19-7-6-13(14)15/h2-9,11,20H,10H2,1H3. The molecule has 126 valence electrons. The Morgan fingerprint density at radius 2 is 2.00 bits per heavy atom. The van der Waals surface area contributed by atoms with Gasteiger partial charge in [-0.05, 0) is 36.8 Å². The molecule has 0 aliphatic carbocycles. The van der Waals surface area contributed by atoms with Crippen LogP contribution in [0.4, 0.5) is 11.4 Å². The number of benzene rings is 2. The fourth-order valence-corrected chi connectivity index (χ4v) is 2.96. The smallest absolute Gasteiger partial charge is 0.278 e. The van der Waals surface area contributed by atoms with Gasteiger partial charge in [0, 0.05) is 35.6 Å². The number of aromatic nitrogens is 1. The molecule has 0 spiro atoms. The predicted molar refractivity (Wildman–Crippen MR) is 93.0 cm³/mol. The van der Waals surface area contributed by atoms with E-state index in [1.54, 1.807) is 18.3 Å². The van der Waals surface area contributed by atoms with Crippen molar-refractivity contribution in [3.05, 3.63) is 64.5 Å². The molecule has 1 atom stereocenters. The lowest BCUT2D eigenvalue weighted by Crippen LogP contribution is -2.07. The van der Waals surface area contributed by atoms with E-state index in [0.717, 1.165) is 28.1 Å². The summed E-state index contributed by atoms with van der Waals surface area (Å²) in [5, 5.41) is 15.9. The van der Waals surface area contributed by atoms with E-state index in [1.807, 2.05) is 25.1 Å². The molecule has 0 bridgehead atoms. The molecule has 0 amide bonds. The fraction of sp³-hybridized carbons (Fsp3) is 0.167. The highest BCUT2D eigenvalue weighted by molar-refractivity contribution is 5.99. The zero-order valence-corrected chi connectivity index (χ0v) is 13.4. The minimum Gasteiger partial charge on any atom is -0.454 e. The highest BCUT2D eigenvalue weighted by Crippen LogP contribution is 2.36. The number of ether oxygens (including phenoxy) is 2. The van der Waals surface area contributed by atoms with E-state index in [0.29, 0.717) is 5.39 Å². The van der Waals surface area contributed by atoms with E-state index in [1.165, 1.54) is 12.3 Å². The SMILES string of the molecule is CC(Nc1ccc([N+](=O)[O-])c2cnccc12)c1ccc2c(c1)OCO2. The number of fused-ring (bicyclic) bond motifs is 2. The molecule has 1 aliphatic rings. The van der Waals surface area contributed by atoms with Gasteiger partial charge in [-0.3, -0.25) is 15.1 Å². The van der Waals surface area contributed by atoms with Gasteiger partial charge in [-0.2, -0.15) is 0 Å². The molecule has 25 heavy (non-hydrogen) atoms. The first-order valence-corrected chi connectivity index (χ1v) is 7.80. The third kappa shape index (κ3) is 2.69. The van der Waals surface area contributed by atoms with Crippen LogP contribution in [-0.2, 0) is 0 Å². The number of nitro benzene ring substituents is 1. The Hall–Kier alpha value is -3.35. The average molecular weight is 337 g/mol. The van der Waals surface area contributed by atoms with Crippen molar-refractivity contribution in [3.63, 3.8) is 0 Å². The van der Waals surface area contributed by atoms with E-state index >= 15 is 0 Å². The van der Waals surface area contributed by atoms with Gasteiger partial charge in [0.15, 0.2) is 11.5 Å². The first-order valence-electron chi connectivity index (χ1n) is 7.80. The highest BCUT2D eigenvalue weighted by atomic mass is 16.7. The summed E-state index contributed by atoms with van der Waals surface area (Å²) < 4.78 is 10.7. The Balaban J connectivity index is 1.69. The Morgan fingerprint density at radius 3 is 2.84 bits per heavy atom. The molecule has 2 aromatic carbocycles. The predicted octanol–water partition coefficient (Wildman–Crippen LogP) is 4.04. The largest absolute Gasteiger partial charge is 0.454 e. The van der Waals surface area contributed by atoms with Crippen LogP contribution >= 0.6 is 0 Å². The number of hydrogen-bond donors (Lipinski definition) is 1. The van der Waals surface area contributed by atoms with Gasteiger partial charge in [0.2, 0.25) is 6.79 Å². The number of hydrogen-bond acceptors (Lipinski definition) is 6. The maximum absolute atomic E-state index is 11.2. The Bertz CT molecular complexity index is 974. The lowest BCUT2D eigenvalue weighted by molar-refractivity contribution is -0.383. The number of rotatable bonds is 4. The molecule has 7 nitrogen and oxygen atoms in total. The molecule has 0 radical (unpaired) electrons. The average Bonchev–Trinajstić information content (AvgIpc) is 3.09. The zero-order chi connectivity index (χ0) is 17.4. The zero-order valence-electron chi connectivity index (χ0n) is 13.4. The Labute approximate surface area is 143 Å². The van der Waals surface area contributed by atoms with Crippen molar-refractivity contribution in [1.82, 2.24) is 4.98 Å². The maximum atomic E-state index is 11.2. The van der Waals surface area contributed by atoms with Crippen LogP contribution in [0.5, 0.6) is 11.5 Å². The lowest BCUT2D eigenvalue weighted by atomic mass is 10.1. The van der Waals surface area contributed by atoms with Gasteiger partial charge in [0.25, 0.3) is 5.69 Å². The van der Waals surface area contributed by atoms with Crippen molar-refractivity contribution in [2.75, 3.05) is 12.1 Å². The highest BCUT2D eigenvalue weighted by Gasteiger charge is 2.18. The van der Waals surface area contributed by atoms with Gasteiger partial charge >= 0.3 is 0 Å². The summed E-state index contributed by atoms with van der Waals surface area (Å²) in [6.07, 6.45) is 3.15. The van der Waals surface area contributed by atoms with Crippen LogP contribution in [0, 0.1) is 10.1 Å². The van der Waals surface area contributed by atoms with Crippen LogP contribution in [-0.4, -0.2) is 16.7 Å². The van der Waals surface area contributed by atoms with Gasteiger partial charge in [-0.25, -0.2) is 0 Å². The molecular weight excluding hydrogens is 322 g/mol. The van der Waals surface area contributed by atoms with Gasteiger partial charge in [-0.1, -0.05) is 6.07 Å². The van der Waals surface area contributed by atoms with Crippen molar-refractivity contribution < 1.29 is 14.4 Å². The van der Waals surface area contributed by atoms with Crippen molar-refractivity contribution in [1.29, 1.82) is 0 Å². The number of anilines is 1. The third-order valence-corrected chi connectivity index (χ3v) is 4.26. The monoisotopic (exact) mass is 337 g/mol. The topological polar surface area (TPSA) is 86.5 Å². The third-order valence-electron chi connectivity index (χ3n) is 4.26. The van der Waals surface area contributed by atoms with E-state index < -0.39 is 4.92 Å². The van der Waals surface area contributed by atoms with Crippen molar-refractivity contribution in [3.8, 4) is 11.5 Å². The molecule has 0 saturated carbocycles. The molecule has 4 rings (SSSR count). The number of pyridine rings is 1. The summed E-state index contributed by atoms with van der Waals surface area (Å²) in [5.41, 5.74) is 1.89. The van der Waals surface area contributed by atoms with E-state index in [2.05, 4.69) is 10.3 Å². The molecule has 7 heteroatoms. The number of non-ortho nitro benzene ring substituents is 1. The van der Waals surface area contributed by atoms with Gasteiger partial charge in [-0.15, -0.1) is 0 Å². The van der Waals surface area contributed by atoms with Gasteiger partial charge < -0.3 is 14.8 Å². The van der Waals surface area contributed by atoms with Gasteiger partial charge in [0.05, 0.1) is 10.3 Å². The quantitative estimate of drug-likeness (QED) is 0.571. The minimum atomic E-state index is -0.394. The molecule has 3 aromatic rings. The van der Waals surface area contributed by atoms with Crippen LogP contribution in [0.15, 0.2) is 48.8 Å². The molecule has 0 saturated heterocycles. The van der Waals surface area contributed by atoms with E-state index in [9.17, 15) is 10.1 Å². The summed E-state index contributed by atoms with van der Waals surface area (Å²) >= 11 is 0. The molecule has 1 unspecified atom stereocenters. The van der Waals surface area contributed by atoms with E-state index in [4.69, 9.17) is 9.47 Å². The minimum absolute atomic E-state index is 0.0210. The van der Waals surface area contributed by atoms with Crippen molar-refractivity contribution >= 4 is 22.1 Å². The molecule has 1 aliphatic heterocycles. The lowest BCUT2D eigenvalue weighted by Gasteiger charge is -2.17. The molecule has 1 aromatic heterocycles. The fourth-order valence-electron chi connectivity index (χ4n) is 2.96. The first kappa shape index (κ1) is 15.2. The number of nitrogens with zero attached hydrogens (tertiary/aromatic N) is 2. The Morgan fingerprint density at radius 1 is 1.16 bits per heavy atom. The van der Waals surface area contributed by atoms with E-state index in [-0.39, 0.29) is 18.5 Å². The summed E-state index contributed by atoms with van der Waals surface area (Å²) in [6.45, 7) is 2.26. The van der Waals surface area contributed by atoms with Crippen LogP contribution in [0.2, 0.25) is 0 Å². The van der Waals surface area contributed by atoms with Crippen molar-refractivity contribution in [2.45, 2.75) is 13.0 Å². The second-order valence-corrected chi connectivity index (χ2v) is 5.79. The van der Waals surface area contributed by atoms with Crippen LogP contribution < -0.4 is 14.8 Å². The second kappa shape index (κ2) is 5.94. The second-order valence-electron chi connectivity index (χ2n) is 5.79. The molecule has 0 fully saturated rings. The normalized spacial score (nSPS) is 13.6. The number of nitrogens with one attached hydrogen (secondary N) is 1. The summed E-state index contributed by atoms with van der Waals surface area (Å²) in [4.78, 5) is 14.8. The van der Waals surface area contributed by atoms with Crippen LogP contribution in [0.25, 0.3) is 10.8 Å². The van der Waals surface area contributed by atoms with Crippen LogP contribution in [0.1, 0.15) is 18.5 Å². The summed E-state index contributed by atoms with van der Waals surface area (Å²) in [5.74, 6) is 1.46. The summed E-state index contributed by atoms with van der Waals surface area (Å²) in [7, 11) is 0. The maximum Gasteiger partial charge on any atom is 0.278 e. The molecule has 1 N–H and O–H groups in total. The van der Waals surface area contributed by atoms with Crippen molar-refractivity contribution in [2.24, 2.45) is 0 Å². The molecular formula is C18H15N3O4. The first-order chi connectivity index (χ1) is 12.1. The molecule has 2 heterocycles. The summed E-state index contributed by atoms with van der Waals surface area (Å²) in [6, 6.07) is 10.8. The Kier molecular flexibility index (Phi) is 3.61. The van der Waals surface area contributed by atoms with Gasteiger partial charge in [0.1, 0.15) is 0 Å². The number of nitro groups is 1.